The van der Waals surface area contributed by atoms with Gasteiger partial charge in [-0.1, -0.05) is 13.3 Å². The van der Waals surface area contributed by atoms with Gasteiger partial charge in [0.25, 0.3) is 0 Å². The molecule has 5 nitrogen and oxygen atoms in total. The number of carbonyl (C=O) groups is 1. The van der Waals surface area contributed by atoms with Gasteiger partial charge < -0.3 is 20.5 Å². The van der Waals surface area contributed by atoms with Crippen molar-refractivity contribution in [3.8, 4) is 0 Å². The van der Waals surface area contributed by atoms with E-state index in [4.69, 9.17) is 4.74 Å². The van der Waals surface area contributed by atoms with Gasteiger partial charge in [-0.25, -0.2) is 0 Å². The molecule has 0 aliphatic carbocycles. The number of carbonyl (C=O) groups excluding carboxylic acids is 1. The Balaban J connectivity index is 2.12. The van der Waals surface area contributed by atoms with Gasteiger partial charge in [-0.3, -0.25) is 4.79 Å². The van der Waals surface area contributed by atoms with E-state index < -0.39 is 5.60 Å². The first-order valence-electron chi connectivity index (χ1n) is 6.40. The minimum Gasteiger partial charge on any atom is -0.386 e. The molecule has 2 atom stereocenters. The zero-order valence-corrected chi connectivity index (χ0v) is 10.8. The van der Waals surface area contributed by atoms with Crippen molar-refractivity contribution in [2.75, 3.05) is 26.2 Å². The summed E-state index contributed by atoms with van der Waals surface area (Å²) < 4.78 is 5.31. The van der Waals surface area contributed by atoms with E-state index in [9.17, 15) is 9.90 Å². The standard InChI is InChI=1S/C12H24N2O3/c1-3-4-6-14-11(15)8-13-9-12(16)5-7-17-10(12)2/h10,13,16H,3-9H2,1-2H3,(H,14,15). The molecular weight excluding hydrogens is 220 g/mol. The molecule has 0 aromatic carbocycles. The zero-order chi connectivity index (χ0) is 12.7. The van der Waals surface area contributed by atoms with E-state index in [1.54, 1.807) is 0 Å². The molecule has 0 spiro atoms. The van der Waals surface area contributed by atoms with Gasteiger partial charge in [0.05, 0.1) is 12.6 Å². The summed E-state index contributed by atoms with van der Waals surface area (Å²) in [7, 11) is 0. The Kier molecular flexibility index (Phi) is 5.88. The fourth-order valence-corrected chi connectivity index (χ4v) is 1.86. The van der Waals surface area contributed by atoms with Gasteiger partial charge in [0.15, 0.2) is 0 Å². The highest BCUT2D eigenvalue weighted by atomic mass is 16.5. The average molecular weight is 244 g/mol. The molecule has 3 N–H and O–H groups in total. The van der Waals surface area contributed by atoms with Crippen molar-refractivity contribution in [2.24, 2.45) is 0 Å². The summed E-state index contributed by atoms with van der Waals surface area (Å²) >= 11 is 0. The van der Waals surface area contributed by atoms with Crippen LogP contribution in [-0.2, 0) is 9.53 Å². The molecule has 2 unspecified atom stereocenters. The third kappa shape index (κ3) is 4.61. The van der Waals surface area contributed by atoms with Crippen LogP contribution in [0.5, 0.6) is 0 Å². The van der Waals surface area contributed by atoms with Crippen LogP contribution in [0.25, 0.3) is 0 Å². The van der Waals surface area contributed by atoms with Crippen molar-refractivity contribution in [3.63, 3.8) is 0 Å². The van der Waals surface area contributed by atoms with Crippen LogP contribution < -0.4 is 10.6 Å². The maximum atomic E-state index is 11.4. The van der Waals surface area contributed by atoms with Crippen molar-refractivity contribution in [1.82, 2.24) is 10.6 Å². The van der Waals surface area contributed by atoms with Crippen molar-refractivity contribution < 1.29 is 14.6 Å². The average Bonchev–Trinajstić information content (AvgIpc) is 2.60. The molecule has 0 bridgehead atoms. The number of nitrogens with one attached hydrogen (secondary N) is 2. The summed E-state index contributed by atoms with van der Waals surface area (Å²) in [4.78, 5) is 11.4. The Morgan fingerprint density at radius 2 is 2.35 bits per heavy atom. The highest BCUT2D eigenvalue weighted by Crippen LogP contribution is 2.24. The maximum Gasteiger partial charge on any atom is 0.233 e. The first-order valence-corrected chi connectivity index (χ1v) is 6.40. The third-order valence-electron chi connectivity index (χ3n) is 3.23. The zero-order valence-electron chi connectivity index (χ0n) is 10.8. The molecule has 0 radical (unpaired) electrons. The second-order valence-corrected chi connectivity index (χ2v) is 4.67. The van der Waals surface area contributed by atoms with Gasteiger partial charge in [0.2, 0.25) is 5.91 Å². The van der Waals surface area contributed by atoms with E-state index in [0.29, 0.717) is 19.6 Å². The molecule has 1 aliphatic rings. The van der Waals surface area contributed by atoms with Crippen molar-refractivity contribution in [2.45, 2.75) is 44.8 Å². The highest BCUT2D eigenvalue weighted by molar-refractivity contribution is 5.77. The minimum absolute atomic E-state index is 0.0198. The monoisotopic (exact) mass is 244 g/mol. The van der Waals surface area contributed by atoms with Crippen LogP contribution in [0.1, 0.15) is 33.1 Å². The van der Waals surface area contributed by atoms with Gasteiger partial charge in [0, 0.05) is 26.1 Å². The molecule has 17 heavy (non-hydrogen) atoms. The Morgan fingerprint density at radius 1 is 1.59 bits per heavy atom. The largest absolute Gasteiger partial charge is 0.386 e. The lowest BCUT2D eigenvalue weighted by Crippen LogP contribution is -2.48. The van der Waals surface area contributed by atoms with Crippen LogP contribution in [0, 0.1) is 0 Å². The normalized spacial score (nSPS) is 28.3. The lowest BCUT2D eigenvalue weighted by molar-refractivity contribution is -0.120. The molecule has 5 heteroatoms. The summed E-state index contributed by atoms with van der Waals surface area (Å²) in [6.45, 7) is 5.90. The van der Waals surface area contributed by atoms with Crippen LogP contribution in [-0.4, -0.2) is 49.0 Å². The van der Waals surface area contributed by atoms with Crippen LogP contribution >= 0.6 is 0 Å². The molecule has 100 valence electrons. The Labute approximate surface area is 103 Å². The molecule has 1 amide bonds. The quantitative estimate of drug-likeness (QED) is 0.553. The van der Waals surface area contributed by atoms with E-state index in [1.807, 2.05) is 6.92 Å². The third-order valence-corrected chi connectivity index (χ3v) is 3.23. The van der Waals surface area contributed by atoms with Gasteiger partial charge >= 0.3 is 0 Å². The van der Waals surface area contributed by atoms with Gasteiger partial charge in [-0.05, 0) is 13.3 Å². The van der Waals surface area contributed by atoms with E-state index in [-0.39, 0.29) is 18.6 Å². The van der Waals surface area contributed by atoms with Crippen molar-refractivity contribution in [3.05, 3.63) is 0 Å². The highest BCUT2D eigenvalue weighted by Gasteiger charge is 2.39. The van der Waals surface area contributed by atoms with E-state index in [1.165, 1.54) is 0 Å². The number of rotatable bonds is 7. The Morgan fingerprint density at radius 3 is 2.94 bits per heavy atom. The summed E-state index contributed by atoms with van der Waals surface area (Å²) in [5.41, 5.74) is -0.830. The predicted octanol–water partition coefficient (Wildman–Crippen LogP) is 0.0322. The molecule has 0 aromatic rings. The van der Waals surface area contributed by atoms with Crippen LogP contribution in [0.15, 0.2) is 0 Å². The molecule has 0 saturated carbocycles. The lowest BCUT2D eigenvalue weighted by Gasteiger charge is -2.26. The Hall–Kier alpha value is -0.650. The molecule has 1 saturated heterocycles. The minimum atomic E-state index is -0.830. The number of hydrogen-bond donors (Lipinski definition) is 3. The van der Waals surface area contributed by atoms with Crippen LogP contribution in [0.4, 0.5) is 0 Å². The van der Waals surface area contributed by atoms with Crippen LogP contribution in [0.3, 0.4) is 0 Å². The summed E-state index contributed by atoms with van der Waals surface area (Å²) in [6, 6.07) is 0. The van der Waals surface area contributed by atoms with E-state index in [0.717, 1.165) is 19.4 Å². The van der Waals surface area contributed by atoms with E-state index >= 15 is 0 Å². The topological polar surface area (TPSA) is 70.6 Å². The summed E-state index contributed by atoms with van der Waals surface area (Å²) in [5, 5.41) is 16.0. The van der Waals surface area contributed by atoms with Gasteiger partial charge in [-0.15, -0.1) is 0 Å². The lowest BCUT2D eigenvalue weighted by atomic mass is 9.97. The molecular formula is C12H24N2O3. The number of aliphatic hydroxyl groups is 1. The number of ether oxygens (including phenoxy) is 1. The van der Waals surface area contributed by atoms with Crippen LogP contribution in [0.2, 0.25) is 0 Å². The van der Waals surface area contributed by atoms with Gasteiger partial charge in [0.1, 0.15) is 5.60 Å². The van der Waals surface area contributed by atoms with Crippen molar-refractivity contribution >= 4 is 5.91 Å². The van der Waals surface area contributed by atoms with Gasteiger partial charge in [-0.2, -0.15) is 0 Å². The number of unbranched alkanes of at least 4 members (excludes halogenated alkanes) is 1. The summed E-state index contributed by atoms with van der Waals surface area (Å²) in [6.07, 6.45) is 2.53. The molecule has 1 rings (SSSR count). The molecule has 1 fully saturated rings. The fraction of sp³-hybridized carbons (Fsp3) is 0.917. The second kappa shape index (κ2) is 6.93. The number of amides is 1. The smallest absolute Gasteiger partial charge is 0.233 e. The molecule has 1 aliphatic heterocycles. The first kappa shape index (κ1) is 14.4. The Bertz CT molecular complexity index is 248. The van der Waals surface area contributed by atoms with Crippen molar-refractivity contribution in [1.29, 1.82) is 0 Å². The predicted molar refractivity (Wildman–Crippen MR) is 65.8 cm³/mol. The fourth-order valence-electron chi connectivity index (χ4n) is 1.86. The number of hydrogen-bond acceptors (Lipinski definition) is 4. The SMILES string of the molecule is CCCCNC(=O)CNCC1(O)CCOC1C. The maximum absolute atomic E-state index is 11.4. The second-order valence-electron chi connectivity index (χ2n) is 4.67. The first-order chi connectivity index (χ1) is 8.08. The molecule has 1 heterocycles. The van der Waals surface area contributed by atoms with E-state index in [2.05, 4.69) is 17.6 Å². The molecule has 0 aromatic heterocycles. The summed E-state index contributed by atoms with van der Waals surface area (Å²) in [5.74, 6) is -0.0198.